The first kappa shape index (κ1) is 57.3. The summed E-state index contributed by atoms with van der Waals surface area (Å²) < 4.78 is 68.9. The number of aliphatic imine (C=N–C) groups is 1. The number of hydrogen-bond donors (Lipinski definition) is 1. The fraction of sp³-hybridized carbons (Fsp3) is 0.554. The third-order valence-corrected chi connectivity index (χ3v) is 13.9. The van der Waals surface area contributed by atoms with Crippen LogP contribution < -0.4 is 0 Å². The highest BCUT2D eigenvalue weighted by Crippen LogP contribution is 2.65. The Balaban J connectivity index is 0.000000287. The molecule has 4 atom stereocenters. The summed E-state index contributed by atoms with van der Waals surface area (Å²) in [5.41, 5.74) is 4.18. The highest BCUT2D eigenvalue weighted by Gasteiger charge is 2.65. The van der Waals surface area contributed by atoms with E-state index < -0.39 is 41.5 Å². The number of halogens is 5. The number of amides is 1. The van der Waals surface area contributed by atoms with E-state index in [4.69, 9.17) is 4.98 Å². The van der Waals surface area contributed by atoms with Crippen LogP contribution in [0.5, 0.6) is 0 Å². The molecule has 4 aromatic rings. The number of carbonyl (C=O) groups excluding carboxylic acids is 2. The van der Waals surface area contributed by atoms with Crippen LogP contribution in [0, 0.1) is 17.8 Å². The molecule has 3 fully saturated rings. The monoisotopic (exact) mass is 1000 g/mol. The first-order chi connectivity index (χ1) is 33.8. The zero-order valence-corrected chi connectivity index (χ0v) is 44.4. The molecule has 72 heavy (non-hydrogen) atoms. The molecule has 16 heteroatoms. The lowest BCUT2D eigenvalue weighted by Crippen LogP contribution is -2.42. The Labute approximate surface area is 422 Å². The van der Waals surface area contributed by atoms with Crippen LogP contribution >= 0.6 is 0 Å². The van der Waals surface area contributed by atoms with Gasteiger partial charge in [-0.1, -0.05) is 72.2 Å². The number of imidazole rings is 1. The van der Waals surface area contributed by atoms with E-state index in [9.17, 15) is 36.6 Å². The van der Waals surface area contributed by atoms with Gasteiger partial charge < -0.3 is 14.9 Å². The van der Waals surface area contributed by atoms with Gasteiger partial charge in [-0.05, 0) is 126 Å². The molecule has 2 saturated carbocycles. The van der Waals surface area contributed by atoms with Gasteiger partial charge in [0, 0.05) is 80.1 Å². The van der Waals surface area contributed by atoms with Crippen molar-refractivity contribution in [3.8, 4) is 11.3 Å². The van der Waals surface area contributed by atoms with Crippen molar-refractivity contribution >= 4 is 28.8 Å². The SMILES string of the molecule is CC.CC/C=C/C(=C\N(C)C(F)F)CC(C(C)=O)N1CCC2(CC2c2ccc(-c3cnc4nc(C5CC5)cn4c3)nc2C)C1=O.CCC(C)(C)CC(C)N=C(/C=C(\C)c1ccc(C(C)(C)O)nc1)C(F)(F)F. The van der Waals surface area contributed by atoms with Crippen molar-refractivity contribution in [2.24, 2.45) is 15.8 Å². The molecule has 3 aliphatic rings. The number of pyridine rings is 2. The molecular weight excluding hydrogens is 928 g/mol. The molecule has 0 radical (unpaired) electrons. The number of allylic oxidation sites excluding steroid dienone is 4. The number of aromatic nitrogens is 5. The second-order valence-electron chi connectivity index (χ2n) is 20.7. The van der Waals surface area contributed by atoms with Crippen LogP contribution in [0.4, 0.5) is 22.0 Å². The predicted octanol–water partition coefficient (Wildman–Crippen LogP) is 13.0. The van der Waals surface area contributed by atoms with Gasteiger partial charge in [0.1, 0.15) is 11.3 Å². The maximum absolute atomic E-state index is 13.9. The van der Waals surface area contributed by atoms with Gasteiger partial charge in [0.15, 0.2) is 5.78 Å². The molecule has 4 unspecified atom stereocenters. The van der Waals surface area contributed by atoms with E-state index in [0.717, 1.165) is 52.0 Å². The summed E-state index contributed by atoms with van der Waals surface area (Å²) in [6.45, 7) is 19.8. The summed E-state index contributed by atoms with van der Waals surface area (Å²) in [6.07, 6.45) is 15.0. The Morgan fingerprint density at radius 3 is 2.26 bits per heavy atom. The minimum absolute atomic E-state index is 0.0246. The standard InChI is InChI=1S/C33H38F2N6O2.C21H31F3N2O.C2H6/c1-5-6-7-22(17-39(4)31(34)35)14-29(21(3)42)41-13-12-33(30(41)43)15-26(33)25-10-11-27(37-20(25)2)24-16-36-32-38-28(23-8-9-23)19-40(32)18-24;1-8-19(4,5)12-15(3)26-18(21(22,23)24)11-14(2)16-9-10-17(25-13-16)20(6,7)27;1-2/h6-7,10-11,16-19,23,26,29,31H,5,8-9,12-15H2,1-4H3;9-11,13,15,27H,8,12H2,1-7H3;1-2H3/b7-6+,22-17+;14-11+,26-18?;. The lowest BCUT2D eigenvalue weighted by molar-refractivity contribution is -0.138. The number of ketones is 1. The maximum Gasteiger partial charge on any atom is 0.432 e. The lowest BCUT2D eigenvalue weighted by Gasteiger charge is -2.27. The van der Waals surface area contributed by atoms with Gasteiger partial charge in [0.2, 0.25) is 11.7 Å². The van der Waals surface area contributed by atoms with Gasteiger partial charge in [0.25, 0.3) is 0 Å². The Kier molecular flexibility index (Phi) is 18.7. The van der Waals surface area contributed by atoms with Crippen LogP contribution in [0.15, 0.2) is 84.0 Å². The van der Waals surface area contributed by atoms with Crippen molar-refractivity contribution in [3.05, 3.63) is 107 Å². The molecule has 1 saturated heterocycles. The molecule has 0 aromatic carbocycles. The highest BCUT2D eigenvalue weighted by atomic mass is 19.4. The molecule has 2 aliphatic carbocycles. The summed E-state index contributed by atoms with van der Waals surface area (Å²) in [4.78, 5) is 51.4. The van der Waals surface area contributed by atoms with Crippen molar-refractivity contribution in [2.45, 2.75) is 177 Å². The molecule has 1 N–H and O–H groups in total. The highest BCUT2D eigenvalue weighted by molar-refractivity contribution is 6.04. The summed E-state index contributed by atoms with van der Waals surface area (Å²) in [6, 6.07) is 6.20. The number of nitrogens with zero attached hydrogens (tertiary/aromatic N) is 8. The minimum Gasteiger partial charge on any atom is -0.384 e. The minimum atomic E-state index is -4.52. The number of fused-ring (bicyclic) bond motifs is 1. The van der Waals surface area contributed by atoms with E-state index in [2.05, 4.69) is 32.2 Å². The van der Waals surface area contributed by atoms with Crippen molar-refractivity contribution in [1.29, 1.82) is 0 Å². The lowest BCUT2D eigenvalue weighted by atomic mass is 9.84. The number of carbonyl (C=O) groups is 2. The normalized spacial score (nSPS) is 19.7. The molecule has 1 aliphatic heterocycles. The first-order valence-corrected chi connectivity index (χ1v) is 25.3. The van der Waals surface area contributed by atoms with Crippen LogP contribution in [-0.2, 0) is 15.2 Å². The molecule has 1 amide bonds. The van der Waals surface area contributed by atoms with Crippen molar-refractivity contribution in [2.75, 3.05) is 13.6 Å². The number of aliphatic hydroxyl groups is 1. The Hall–Kier alpha value is -5.64. The Morgan fingerprint density at radius 1 is 1.01 bits per heavy atom. The summed E-state index contributed by atoms with van der Waals surface area (Å²) in [5, 5.41) is 9.94. The van der Waals surface area contributed by atoms with Crippen LogP contribution in [-0.4, -0.2) is 95.0 Å². The van der Waals surface area contributed by atoms with E-state index in [1.54, 1.807) is 57.0 Å². The van der Waals surface area contributed by atoms with Gasteiger partial charge in [-0.15, -0.1) is 0 Å². The Morgan fingerprint density at radius 2 is 1.71 bits per heavy atom. The largest absolute Gasteiger partial charge is 0.432 e. The van der Waals surface area contributed by atoms with Crippen molar-refractivity contribution < 1.29 is 36.6 Å². The van der Waals surface area contributed by atoms with Crippen molar-refractivity contribution in [1.82, 2.24) is 34.1 Å². The number of rotatable bonds is 18. The zero-order valence-electron chi connectivity index (χ0n) is 44.4. The molecule has 7 rings (SSSR count). The van der Waals surface area contributed by atoms with E-state index in [-0.39, 0.29) is 29.4 Å². The Bertz CT molecular complexity index is 2640. The van der Waals surface area contributed by atoms with Gasteiger partial charge in [-0.25, -0.2) is 9.97 Å². The predicted molar refractivity (Wildman–Crippen MR) is 276 cm³/mol. The van der Waals surface area contributed by atoms with E-state index in [1.165, 1.54) is 39.2 Å². The van der Waals surface area contributed by atoms with Gasteiger partial charge in [-0.2, -0.15) is 22.0 Å². The van der Waals surface area contributed by atoms with E-state index >= 15 is 0 Å². The van der Waals surface area contributed by atoms with E-state index in [1.807, 2.05) is 71.2 Å². The molecule has 1 spiro atoms. The third kappa shape index (κ3) is 14.3. The van der Waals surface area contributed by atoms with Crippen LogP contribution in [0.3, 0.4) is 0 Å². The topological polar surface area (TPSA) is 129 Å². The average molecular weight is 1000 g/mol. The fourth-order valence-electron chi connectivity index (χ4n) is 9.19. The number of alkyl halides is 5. The molecular formula is C56H75F5N8O3. The van der Waals surface area contributed by atoms with Crippen molar-refractivity contribution in [3.63, 3.8) is 0 Å². The van der Waals surface area contributed by atoms with Gasteiger partial charge in [0.05, 0.1) is 28.5 Å². The second kappa shape index (κ2) is 23.5. The molecule has 11 nitrogen and oxygen atoms in total. The number of likely N-dealkylation sites (tertiary alicyclic amines) is 1. The number of Topliss-reactive ketones (excluding diaryl/α,β-unsaturated/α-hetero) is 1. The maximum atomic E-state index is 13.9. The first-order valence-electron chi connectivity index (χ1n) is 25.3. The number of aryl methyl sites for hydroxylation is 1. The average Bonchev–Trinajstić information content (AvgIpc) is 4.23. The zero-order chi connectivity index (χ0) is 53.5. The van der Waals surface area contributed by atoms with Gasteiger partial charge in [-0.3, -0.25) is 29.0 Å². The summed E-state index contributed by atoms with van der Waals surface area (Å²) in [5.74, 6) is 1.11. The summed E-state index contributed by atoms with van der Waals surface area (Å²) in [7, 11) is 1.30. The third-order valence-electron chi connectivity index (χ3n) is 13.9. The second-order valence-corrected chi connectivity index (χ2v) is 20.7. The number of hydrogen-bond acceptors (Lipinski definition) is 9. The molecule has 0 bridgehead atoms. The smallest absolute Gasteiger partial charge is 0.384 e. The molecule has 4 aromatic heterocycles. The van der Waals surface area contributed by atoms with Crippen LogP contribution in [0.25, 0.3) is 22.6 Å². The quantitative estimate of drug-likeness (QED) is 0.0451. The fourth-order valence-corrected chi connectivity index (χ4v) is 9.19. The van der Waals surface area contributed by atoms with Crippen LogP contribution in [0.2, 0.25) is 0 Å². The summed E-state index contributed by atoms with van der Waals surface area (Å²) >= 11 is 0. The van der Waals surface area contributed by atoms with Crippen LogP contribution in [0.1, 0.15) is 168 Å². The van der Waals surface area contributed by atoms with Gasteiger partial charge >= 0.3 is 12.7 Å². The molecule has 392 valence electrons. The molecule has 5 heterocycles. The van der Waals surface area contributed by atoms with E-state index in [0.29, 0.717) is 59.9 Å².